The number of primary amides is 1. The van der Waals surface area contributed by atoms with Gasteiger partial charge in [-0.05, 0) is 39.3 Å². The van der Waals surface area contributed by atoms with E-state index in [1.54, 1.807) is 39.0 Å². The van der Waals surface area contributed by atoms with Gasteiger partial charge in [-0.25, -0.2) is 14.3 Å². The number of nitrogens with zero attached hydrogens (tertiary/aromatic N) is 2. The van der Waals surface area contributed by atoms with Gasteiger partial charge in [0.1, 0.15) is 11.9 Å². The van der Waals surface area contributed by atoms with E-state index in [1.807, 2.05) is 6.07 Å². The molecule has 0 aliphatic rings. The predicted molar refractivity (Wildman–Crippen MR) is 92.0 cm³/mol. The first kappa shape index (κ1) is 20.1. The predicted octanol–water partition coefficient (Wildman–Crippen LogP) is 2.55. The molecule has 0 saturated heterocycles. The molecule has 0 aliphatic carbocycles. The van der Waals surface area contributed by atoms with Crippen LogP contribution in [0.25, 0.3) is 11.0 Å². The number of ether oxygens (including phenoxy) is 1. The molecule has 0 bridgehead atoms. The number of hydrogen-bond acceptors (Lipinski definition) is 5. The Labute approximate surface area is 145 Å². The molecular formula is C17H23N3O5. The molecule has 2 rings (SSSR count). The molecule has 2 aromatic rings. The Kier molecular flexibility index (Phi) is 7.10. The molecule has 0 saturated carbocycles. The third-order valence-corrected chi connectivity index (χ3v) is 2.88. The zero-order valence-corrected chi connectivity index (χ0v) is 14.6. The molecule has 8 nitrogen and oxygen atoms in total. The number of carbonyl (C=O) groups is 3. The maximum atomic E-state index is 11.1. The average molecular weight is 349 g/mol. The van der Waals surface area contributed by atoms with Crippen LogP contribution in [0.4, 0.5) is 4.79 Å². The fourth-order valence-corrected chi connectivity index (χ4v) is 1.91. The number of hydrogen-bond donors (Lipinski definition) is 2. The second kappa shape index (κ2) is 8.81. The van der Waals surface area contributed by atoms with E-state index in [9.17, 15) is 14.4 Å². The van der Waals surface area contributed by atoms with Crippen LogP contribution in [0, 0.1) is 0 Å². The zero-order chi connectivity index (χ0) is 19.0. The van der Waals surface area contributed by atoms with Crippen molar-refractivity contribution in [1.29, 1.82) is 0 Å². The highest BCUT2D eigenvalue weighted by atomic mass is 16.6. The number of imidazole rings is 1. The summed E-state index contributed by atoms with van der Waals surface area (Å²) in [5, 5.41) is 8.69. The number of amides is 1. The first-order chi connectivity index (χ1) is 11.6. The van der Waals surface area contributed by atoms with Crippen molar-refractivity contribution in [3.63, 3.8) is 0 Å². The zero-order valence-electron chi connectivity index (χ0n) is 14.6. The Morgan fingerprint density at radius 1 is 1.20 bits per heavy atom. The summed E-state index contributed by atoms with van der Waals surface area (Å²) in [6, 6.07) is 7.09. The second-order valence-electron chi connectivity index (χ2n) is 6.29. The largest absolute Gasteiger partial charge is 0.464 e. The lowest BCUT2D eigenvalue weighted by Gasteiger charge is -2.19. The summed E-state index contributed by atoms with van der Waals surface area (Å²) in [5.41, 5.74) is 5.77. The van der Waals surface area contributed by atoms with Crippen molar-refractivity contribution in [3.05, 3.63) is 30.6 Å². The van der Waals surface area contributed by atoms with Gasteiger partial charge < -0.3 is 15.6 Å². The third-order valence-electron chi connectivity index (χ3n) is 2.88. The lowest BCUT2D eigenvalue weighted by atomic mass is 10.2. The van der Waals surface area contributed by atoms with Crippen molar-refractivity contribution in [3.8, 4) is 0 Å². The van der Waals surface area contributed by atoms with Gasteiger partial charge >= 0.3 is 12.1 Å². The molecular weight excluding hydrogens is 326 g/mol. The number of aromatic nitrogens is 2. The van der Waals surface area contributed by atoms with Gasteiger partial charge in [0.05, 0.1) is 11.0 Å². The second-order valence-corrected chi connectivity index (χ2v) is 6.29. The van der Waals surface area contributed by atoms with Crippen LogP contribution in [0.3, 0.4) is 0 Å². The molecule has 0 radical (unpaired) electrons. The van der Waals surface area contributed by atoms with Gasteiger partial charge in [-0.3, -0.25) is 9.59 Å². The van der Waals surface area contributed by atoms with Gasteiger partial charge in [0.15, 0.2) is 0 Å². The summed E-state index contributed by atoms with van der Waals surface area (Å²) in [4.78, 5) is 35.9. The quantitative estimate of drug-likeness (QED) is 0.817. The Morgan fingerprint density at radius 3 is 2.40 bits per heavy atom. The number of benzene rings is 1. The van der Waals surface area contributed by atoms with E-state index in [-0.39, 0.29) is 24.7 Å². The van der Waals surface area contributed by atoms with Gasteiger partial charge in [-0.15, -0.1) is 0 Å². The average Bonchev–Trinajstić information content (AvgIpc) is 2.89. The Balaban J connectivity index is 0.000000250. The van der Waals surface area contributed by atoms with Crippen LogP contribution in [0.2, 0.25) is 0 Å². The highest BCUT2D eigenvalue weighted by Gasteiger charge is 2.15. The van der Waals surface area contributed by atoms with Crippen LogP contribution in [0.5, 0.6) is 0 Å². The molecule has 0 atom stereocenters. The first-order valence-corrected chi connectivity index (χ1v) is 7.75. The molecule has 25 heavy (non-hydrogen) atoms. The van der Waals surface area contributed by atoms with Crippen molar-refractivity contribution in [2.45, 2.75) is 45.6 Å². The van der Waals surface area contributed by atoms with Crippen LogP contribution in [0.15, 0.2) is 30.6 Å². The molecule has 8 heteroatoms. The van der Waals surface area contributed by atoms with Gasteiger partial charge in [-0.1, -0.05) is 12.1 Å². The van der Waals surface area contributed by atoms with E-state index < -0.39 is 11.7 Å². The van der Waals surface area contributed by atoms with Crippen LogP contribution in [0.1, 0.15) is 40.0 Å². The molecule has 0 unspecified atom stereocenters. The van der Waals surface area contributed by atoms with E-state index in [1.165, 1.54) is 6.33 Å². The highest BCUT2D eigenvalue weighted by molar-refractivity contribution is 5.85. The summed E-state index contributed by atoms with van der Waals surface area (Å²) in [5.74, 6) is -0.669. The van der Waals surface area contributed by atoms with Crippen LogP contribution in [-0.4, -0.2) is 38.2 Å². The number of rotatable bonds is 4. The van der Waals surface area contributed by atoms with Crippen molar-refractivity contribution < 1.29 is 24.2 Å². The van der Waals surface area contributed by atoms with E-state index in [2.05, 4.69) is 4.98 Å². The van der Waals surface area contributed by atoms with Crippen molar-refractivity contribution >= 4 is 29.0 Å². The Morgan fingerprint density at radius 2 is 1.84 bits per heavy atom. The Hall–Kier alpha value is -2.90. The number of esters is 1. The summed E-state index contributed by atoms with van der Waals surface area (Å²) in [6.45, 7) is 5.41. The summed E-state index contributed by atoms with van der Waals surface area (Å²) in [7, 11) is 0. The number of fused-ring (bicyclic) bond motifs is 1. The number of carboxylic acid groups (broad SMARTS) is 1. The number of nitrogens with two attached hydrogens (primary N) is 1. The molecule has 0 fully saturated rings. The molecule has 1 amide bonds. The standard InChI is InChI=1S/C9H17NO3.C8H6N2O2/c1-9(2,3)13-8(12)6-4-5-7(10)11;11-8(12)10-5-9-6-3-1-2-4-7(6)10/h4-6H2,1-3H3,(H2,10,11);1-5H,(H,11,12). The minimum atomic E-state index is -1.01. The van der Waals surface area contributed by atoms with E-state index >= 15 is 0 Å². The van der Waals surface area contributed by atoms with Crippen LogP contribution >= 0.6 is 0 Å². The number of carbonyl (C=O) groups excluding carboxylic acids is 2. The Bertz CT molecular complexity index is 746. The summed E-state index contributed by atoms with van der Waals surface area (Å²) < 4.78 is 6.12. The highest BCUT2D eigenvalue weighted by Crippen LogP contribution is 2.11. The van der Waals surface area contributed by atoms with Crippen LogP contribution < -0.4 is 5.73 Å². The first-order valence-electron chi connectivity index (χ1n) is 7.75. The van der Waals surface area contributed by atoms with Gasteiger partial charge in [0.2, 0.25) is 5.91 Å². The van der Waals surface area contributed by atoms with Gasteiger partial charge in [0, 0.05) is 12.8 Å². The monoisotopic (exact) mass is 349 g/mol. The normalized spacial score (nSPS) is 10.7. The van der Waals surface area contributed by atoms with Gasteiger partial charge in [0.25, 0.3) is 0 Å². The van der Waals surface area contributed by atoms with Crippen molar-refractivity contribution in [2.75, 3.05) is 0 Å². The molecule has 136 valence electrons. The molecule has 3 N–H and O–H groups in total. The molecule has 1 aromatic heterocycles. The lowest BCUT2D eigenvalue weighted by Crippen LogP contribution is -2.24. The maximum absolute atomic E-state index is 11.1. The minimum Gasteiger partial charge on any atom is -0.464 e. The van der Waals surface area contributed by atoms with E-state index in [0.29, 0.717) is 17.5 Å². The van der Waals surface area contributed by atoms with Gasteiger partial charge in [-0.2, -0.15) is 0 Å². The van der Waals surface area contributed by atoms with Crippen molar-refractivity contribution in [2.24, 2.45) is 5.73 Å². The summed E-state index contributed by atoms with van der Waals surface area (Å²) in [6.07, 6.45) is 1.24. The molecule has 0 spiro atoms. The molecule has 1 aromatic carbocycles. The lowest BCUT2D eigenvalue weighted by molar-refractivity contribution is -0.154. The SMILES string of the molecule is CC(C)(C)OC(=O)CCCC(N)=O.O=C(O)n1cnc2ccccc21. The number of para-hydroxylation sites is 2. The molecule has 0 aliphatic heterocycles. The fourth-order valence-electron chi connectivity index (χ4n) is 1.91. The van der Waals surface area contributed by atoms with Crippen LogP contribution in [-0.2, 0) is 14.3 Å². The summed E-state index contributed by atoms with van der Waals surface area (Å²) >= 11 is 0. The third kappa shape index (κ3) is 7.47. The topological polar surface area (TPSA) is 125 Å². The van der Waals surface area contributed by atoms with E-state index in [0.717, 1.165) is 4.57 Å². The minimum absolute atomic E-state index is 0.235. The fraction of sp³-hybridized carbons (Fsp3) is 0.412. The van der Waals surface area contributed by atoms with Crippen molar-refractivity contribution in [1.82, 2.24) is 9.55 Å². The van der Waals surface area contributed by atoms with E-state index in [4.69, 9.17) is 15.6 Å². The maximum Gasteiger partial charge on any atom is 0.417 e. The smallest absolute Gasteiger partial charge is 0.417 e. The molecule has 1 heterocycles.